The van der Waals surface area contributed by atoms with E-state index >= 15 is 0 Å². The van der Waals surface area contributed by atoms with E-state index in [-0.39, 0.29) is 18.5 Å². The van der Waals surface area contributed by atoms with Gasteiger partial charge in [-0.25, -0.2) is 0 Å². The van der Waals surface area contributed by atoms with Gasteiger partial charge in [0.05, 0.1) is 12.6 Å². The lowest BCUT2D eigenvalue weighted by atomic mass is 9.99. The Balaban J connectivity index is 2.58. The van der Waals surface area contributed by atoms with Crippen LogP contribution in [0, 0.1) is 0 Å². The van der Waals surface area contributed by atoms with Gasteiger partial charge in [0.1, 0.15) is 5.54 Å². The van der Waals surface area contributed by atoms with Crippen molar-refractivity contribution in [2.75, 3.05) is 6.54 Å². The number of rotatable bonds is 7. The minimum Gasteiger partial charge on any atom is -0.480 e. The van der Waals surface area contributed by atoms with Gasteiger partial charge in [-0.15, -0.1) is 0 Å². The summed E-state index contributed by atoms with van der Waals surface area (Å²) < 4.78 is 0. The summed E-state index contributed by atoms with van der Waals surface area (Å²) in [6.07, 6.45) is 0.385. The molecular weight excluding hydrogens is 292 g/mol. The van der Waals surface area contributed by atoms with E-state index in [9.17, 15) is 9.59 Å². The van der Waals surface area contributed by atoms with Crippen LogP contribution >= 0.6 is 11.6 Å². The number of aliphatic carboxylic acids is 1. The average Bonchev–Trinajstić information content (AvgIpc) is 2.44. The van der Waals surface area contributed by atoms with Crippen molar-refractivity contribution >= 4 is 23.5 Å². The van der Waals surface area contributed by atoms with Gasteiger partial charge in [-0.1, -0.05) is 36.7 Å². The number of amides is 1. The van der Waals surface area contributed by atoms with E-state index in [2.05, 4.69) is 10.6 Å². The Hall–Kier alpha value is -1.59. The Morgan fingerprint density at radius 2 is 2.00 bits per heavy atom. The Kier molecular flexibility index (Phi) is 6.18. The molecule has 21 heavy (non-hydrogen) atoms. The normalized spacial score (nSPS) is 15.0. The van der Waals surface area contributed by atoms with Crippen LogP contribution in [0.2, 0.25) is 5.02 Å². The Morgan fingerprint density at radius 1 is 1.38 bits per heavy atom. The van der Waals surface area contributed by atoms with Gasteiger partial charge in [0.2, 0.25) is 5.91 Å². The molecule has 1 amide bonds. The van der Waals surface area contributed by atoms with E-state index < -0.39 is 11.5 Å². The van der Waals surface area contributed by atoms with Crippen LogP contribution in [-0.4, -0.2) is 29.1 Å². The van der Waals surface area contributed by atoms with Crippen LogP contribution in [0.15, 0.2) is 24.3 Å². The van der Waals surface area contributed by atoms with Crippen LogP contribution in [0.1, 0.15) is 38.8 Å². The molecule has 0 aromatic heterocycles. The number of carbonyl (C=O) groups is 2. The van der Waals surface area contributed by atoms with Crippen LogP contribution in [0.25, 0.3) is 0 Å². The first kappa shape index (κ1) is 17.5. The molecule has 0 bridgehead atoms. The number of nitrogens with one attached hydrogen (secondary N) is 2. The zero-order chi connectivity index (χ0) is 16.0. The number of carboxylic acid groups (broad SMARTS) is 1. The molecule has 6 heteroatoms. The van der Waals surface area contributed by atoms with Crippen LogP contribution in [-0.2, 0) is 9.59 Å². The lowest BCUT2D eigenvalue weighted by Gasteiger charge is -2.25. The fourth-order valence-electron chi connectivity index (χ4n) is 1.82. The molecule has 2 unspecified atom stereocenters. The van der Waals surface area contributed by atoms with Gasteiger partial charge >= 0.3 is 5.97 Å². The van der Waals surface area contributed by atoms with Gasteiger partial charge in [-0.3, -0.25) is 14.9 Å². The second-order valence-electron chi connectivity index (χ2n) is 5.16. The van der Waals surface area contributed by atoms with Crippen molar-refractivity contribution in [2.45, 2.75) is 38.8 Å². The highest BCUT2D eigenvalue weighted by Crippen LogP contribution is 2.21. The molecule has 0 aliphatic heterocycles. The number of hydrogen-bond acceptors (Lipinski definition) is 3. The van der Waals surface area contributed by atoms with E-state index in [0.717, 1.165) is 5.56 Å². The van der Waals surface area contributed by atoms with Crippen molar-refractivity contribution in [1.29, 1.82) is 0 Å². The third kappa shape index (κ3) is 4.72. The molecule has 116 valence electrons. The lowest BCUT2D eigenvalue weighted by Crippen LogP contribution is -2.52. The highest BCUT2D eigenvalue weighted by Gasteiger charge is 2.31. The monoisotopic (exact) mass is 312 g/mol. The van der Waals surface area contributed by atoms with Crippen molar-refractivity contribution in [3.05, 3.63) is 34.9 Å². The summed E-state index contributed by atoms with van der Waals surface area (Å²) in [5.74, 6) is -1.25. The minimum absolute atomic E-state index is 0.0641. The molecule has 3 N–H and O–H groups in total. The fourth-order valence-corrected chi connectivity index (χ4v) is 2.12. The summed E-state index contributed by atoms with van der Waals surface area (Å²) in [4.78, 5) is 23.1. The van der Waals surface area contributed by atoms with Crippen LogP contribution in [0.3, 0.4) is 0 Å². The van der Waals surface area contributed by atoms with Gasteiger partial charge < -0.3 is 10.4 Å². The SMILES string of the molecule is CCC(C)(NCC(=O)NC(C)c1ccccc1Cl)C(=O)O. The zero-order valence-corrected chi connectivity index (χ0v) is 13.2. The Labute approximate surface area is 129 Å². The predicted molar refractivity (Wildman–Crippen MR) is 82.3 cm³/mol. The summed E-state index contributed by atoms with van der Waals surface area (Å²) in [5, 5.41) is 15.3. The van der Waals surface area contributed by atoms with Crippen molar-refractivity contribution in [3.8, 4) is 0 Å². The third-order valence-electron chi connectivity index (χ3n) is 3.57. The van der Waals surface area contributed by atoms with Crippen molar-refractivity contribution in [3.63, 3.8) is 0 Å². The summed E-state index contributed by atoms with van der Waals surface area (Å²) in [6, 6.07) is 7.03. The standard InChI is InChI=1S/C15H21ClN2O3/c1-4-15(3,14(20)21)17-9-13(19)18-10(2)11-7-5-6-8-12(11)16/h5-8,10,17H,4,9H2,1-3H3,(H,18,19)(H,20,21). The van der Waals surface area contributed by atoms with Crippen molar-refractivity contribution < 1.29 is 14.7 Å². The van der Waals surface area contributed by atoms with Crippen LogP contribution in [0.5, 0.6) is 0 Å². The first-order valence-electron chi connectivity index (χ1n) is 6.82. The van der Waals surface area contributed by atoms with Crippen LogP contribution in [0.4, 0.5) is 0 Å². The van der Waals surface area contributed by atoms with Crippen molar-refractivity contribution in [2.24, 2.45) is 0 Å². The maximum atomic E-state index is 11.9. The minimum atomic E-state index is -1.11. The average molecular weight is 313 g/mol. The summed E-state index contributed by atoms with van der Waals surface area (Å²) in [6.45, 7) is 5.08. The van der Waals surface area contributed by atoms with Gasteiger partial charge in [-0.05, 0) is 31.9 Å². The largest absolute Gasteiger partial charge is 0.480 e. The molecule has 0 saturated carbocycles. The first-order valence-corrected chi connectivity index (χ1v) is 7.20. The Bertz CT molecular complexity index is 521. The lowest BCUT2D eigenvalue weighted by molar-refractivity contribution is -0.144. The molecule has 0 spiro atoms. The van der Waals surface area contributed by atoms with Gasteiger partial charge in [0.15, 0.2) is 0 Å². The van der Waals surface area contributed by atoms with E-state index in [1.165, 1.54) is 0 Å². The smallest absolute Gasteiger partial charge is 0.323 e. The molecule has 0 aliphatic rings. The summed E-state index contributed by atoms with van der Waals surface area (Å²) in [7, 11) is 0. The van der Waals surface area contributed by atoms with Crippen LogP contribution < -0.4 is 10.6 Å². The molecule has 2 atom stereocenters. The predicted octanol–water partition coefficient (Wildman–Crippen LogP) is 2.36. The Morgan fingerprint density at radius 3 is 2.52 bits per heavy atom. The molecule has 0 aliphatic carbocycles. The number of benzene rings is 1. The number of carboxylic acids is 1. The quantitative estimate of drug-likeness (QED) is 0.722. The van der Waals surface area contributed by atoms with E-state index in [1.54, 1.807) is 19.9 Å². The first-order chi connectivity index (χ1) is 9.80. The molecular formula is C15H21ClN2O3. The molecule has 0 fully saturated rings. The highest BCUT2D eigenvalue weighted by molar-refractivity contribution is 6.31. The molecule has 0 heterocycles. The molecule has 1 rings (SSSR count). The van der Waals surface area contributed by atoms with E-state index in [4.69, 9.17) is 16.7 Å². The highest BCUT2D eigenvalue weighted by atomic mass is 35.5. The molecule has 0 saturated heterocycles. The van der Waals surface area contributed by atoms with E-state index in [1.807, 2.05) is 25.1 Å². The second kappa shape index (κ2) is 7.43. The van der Waals surface area contributed by atoms with E-state index in [0.29, 0.717) is 11.4 Å². The van der Waals surface area contributed by atoms with Gasteiger partial charge in [-0.2, -0.15) is 0 Å². The molecule has 5 nitrogen and oxygen atoms in total. The third-order valence-corrected chi connectivity index (χ3v) is 3.91. The topological polar surface area (TPSA) is 78.4 Å². The molecule has 0 radical (unpaired) electrons. The fraction of sp³-hybridized carbons (Fsp3) is 0.467. The van der Waals surface area contributed by atoms with Crippen molar-refractivity contribution in [1.82, 2.24) is 10.6 Å². The number of hydrogen-bond donors (Lipinski definition) is 3. The zero-order valence-electron chi connectivity index (χ0n) is 12.4. The maximum absolute atomic E-state index is 11.9. The summed E-state index contributed by atoms with van der Waals surface area (Å²) >= 11 is 6.07. The maximum Gasteiger partial charge on any atom is 0.323 e. The van der Waals surface area contributed by atoms with Gasteiger partial charge in [0, 0.05) is 5.02 Å². The molecule has 1 aromatic carbocycles. The second-order valence-corrected chi connectivity index (χ2v) is 5.56. The number of carbonyl (C=O) groups excluding carboxylic acids is 1. The summed E-state index contributed by atoms with van der Waals surface area (Å²) in [5.41, 5.74) is -0.283. The van der Waals surface area contributed by atoms with Gasteiger partial charge in [0.25, 0.3) is 0 Å². The molecule has 1 aromatic rings. The number of halogens is 1.